The average Bonchev–Trinajstić information content (AvgIpc) is 2.81. The van der Waals surface area contributed by atoms with Crippen molar-refractivity contribution in [2.75, 3.05) is 31.6 Å². The molecule has 1 saturated heterocycles. The normalized spacial score (nSPS) is 15.7. The Kier molecular flexibility index (Phi) is 3.54. The molecule has 1 aromatic carbocycles. The number of benzene rings is 1. The number of nitrogens with one attached hydrogen (secondary N) is 1. The van der Waals surface area contributed by atoms with Gasteiger partial charge in [0.2, 0.25) is 0 Å². The van der Waals surface area contributed by atoms with Crippen LogP contribution in [0, 0.1) is 0 Å². The van der Waals surface area contributed by atoms with Crippen LogP contribution in [0.25, 0.3) is 10.2 Å². The van der Waals surface area contributed by atoms with Gasteiger partial charge in [0.1, 0.15) is 0 Å². The molecule has 0 radical (unpaired) electrons. The van der Waals surface area contributed by atoms with Crippen molar-refractivity contribution in [3.8, 4) is 0 Å². The van der Waals surface area contributed by atoms with Gasteiger partial charge in [-0.05, 0) is 18.2 Å². The van der Waals surface area contributed by atoms with Gasteiger partial charge in [0.15, 0.2) is 5.13 Å². The van der Waals surface area contributed by atoms with Crippen molar-refractivity contribution < 1.29 is 9.53 Å². The number of thiazole rings is 1. The maximum absolute atomic E-state index is 12.0. The fourth-order valence-corrected chi connectivity index (χ4v) is 3.02. The minimum Gasteiger partial charge on any atom is -0.378 e. The van der Waals surface area contributed by atoms with Crippen LogP contribution in [0.5, 0.6) is 0 Å². The largest absolute Gasteiger partial charge is 0.378 e. The van der Waals surface area contributed by atoms with Crippen molar-refractivity contribution in [3.05, 3.63) is 23.2 Å². The van der Waals surface area contributed by atoms with E-state index in [9.17, 15) is 4.79 Å². The van der Waals surface area contributed by atoms with Gasteiger partial charge < -0.3 is 9.64 Å². The van der Waals surface area contributed by atoms with E-state index in [4.69, 9.17) is 16.3 Å². The fraction of sp³-hybridized carbons (Fsp3) is 0.333. The number of hydrogen-bond acceptors (Lipinski definition) is 4. The minimum atomic E-state index is -0.131. The zero-order chi connectivity index (χ0) is 13.2. The third kappa shape index (κ3) is 2.80. The molecule has 19 heavy (non-hydrogen) atoms. The molecule has 2 amide bonds. The summed E-state index contributed by atoms with van der Waals surface area (Å²) in [4.78, 5) is 18.1. The SMILES string of the molecule is O=C(Nc1nc2ccc(Cl)cc2s1)N1CCOCC1. The van der Waals surface area contributed by atoms with Crippen molar-refractivity contribution in [2.24, 2.45) is 0 Å². The minimum absolute atomic E-state index is 0.131. The summed E-state index contributed by atoms with van der Waals surface area (Å²) in [5.41, 5.74) is 0.840. The van der Waals surface area contributed by atoms with Crippen LogP contribution in [0.4, 0.5) is 9.93 Å². The van der Waals surface area contributed by atoms with Gasteiger partial charge in [0.25, 0.3) is 0 Å². The highest BCUT2D eigenvalue weighted by Gasteiger charge is 2.18. The Balaban J connectivity index is 1.75. The number of rotatable bonds is 1. The molecular weight excluding hydrogens is 286 g/mol. The number of anilines is 1. The van der Waals surface area contributed by atoms with Gasteiger partial charge in [-0.3, -0.25) is 5.32 Å². The molecule has 5 nitrogen and oxygen atoms in total. The molecule has 1 fully saturated rings. The van der Waals surface area contributed by atoms with Gasteiger partial charge in [-0.15, -0.1) is 0 Å². The summed E-state index contributed by atoms with van der Waals surface area (Å²) in [5.74, 6) is 0. The zero-order valence-electron chi connectivity index (χ0n) is 10.1. The smallest absolute Gasteiger partial charge is 0.323 e. The van der Waals surface area contributed by atoms with Crippen molar-refractivity contribution in [3.63, 3.8) is 0 Å². The summed E-state index contributed by atoms with van der Waals surface area (Å²) < 4.78 is 6.17. The van der Waals surface area contributed by atoms with Crippen LogP contribution in [0.2, 0.25) is 5.02 Å². The van der Waals surface area contributed by atoms with E-state index >= 15 is 0 Å². The third-order valence-corrected chi connectivity index (χ3v) is 4.03. The lowest BCUT2D eigenvalue weighted by molar-refractivity contribution is 0.0564. The number of amides is 2. The van der Waals surface area contributed by atoms with Crippen LogP contribution in [0.15, 0.2) is 18.2 Å². The summed E-state index contributed by atoms with van der Waals surface area (Å²) in [5, 5.41) is 4.08. The average molecular weight is 298 g/mol. The zero-order valence-corrected chi connectivity index (χ0v) is 11.6. The Labute approximate surface area is 119 Å². The highest BCUT2D eigenvalue weighted by Crippen LogP contribution is 2.28. The van der Waals surface area contributed by atoms with Crippen molar-refractivity contribution in [2.45, 2.75) is 0 Å². The predicted molar refractivity (Wildman–Crippen MR) is 76.0 cm³/mol. The van der Waals surface area contributed by atoms with Crippen molar-refractivity contribution in [1.82, 2.24) is 9.88 Å². The highest BCUT2D eigenvalue weighted by atomic mass is 35.5. The second-order valence-electron chi connectivity index (χ2n) is 4.16. The summed E-state index contributed by atoms with van der Waals surface area (Å²) in [6.07, 6.45) is 0. The molecule has 0 bridgehead atoms. The van der Waals surface area contributed by atoms with E-state index in [0.717, 1.165) is 10.2 Å². The molecule has 0 saturated carbocycles. The number of carbonyl (C=O) groups excluding carboxylic acids is 1. The van der Waals surface area contributed by atoms with Crippen LogP contribution >= 0.6 is 22.9 Å². The first-order chi connectivity index (χ1) is 9.22. The number of carbonyl (C=O) groups is 1. The van der Waals surface area contributed by atoms with Gasteiger partial charge in [-0.1, -0.05) is 22.9 Å². The molecule has 1 aromatic heterocycles. The van der Waals surface area contributed by atoms with Crippen LogP contribution < -0.4 is 5.32 Å². The van der Waals surface area contributed by atoms with Crippen LogP contribution in [-0.2, 0) is 4.74 Å². The maximum atomic E-state index is 12.0. The molecule has 2 aromatic rings. The van der Waals surface area contributed by atoms with E-state index < -0.39 is 0 Å². The fourth-order valence-electron chi connectivity index (χ4n) is 1.89. The molecule has 1 aliphatic rings. The van der Waals surface area contributed by atoms with E-state index in [2.05, 4.69) is 10.3 Å². The van der Waals surface area contributed by atoms with E-state index in [0.29, 0.717) is 36.5 Å². The summed E-state index contributed by atoms with van der Waals surface area (Å²) in [6, 6.07) is 5.35. The van der Waals surface area contributed by atoms with Crippen LogP contribution in [-0.4, -0.2) is 42.2 Å². The topological polar surface area (TPSA) is 54.5 Å². The summed E-state index contributed by atoms with van der Waals surface area (Å²) in [6.45, 7) is 2.40. The van der Waals surface area contributed by atoms with E-state index in [1.54, 1.807) is 11.0 Å². The van der Waals surface area contributed by atoms with Gasteiger partial charge in [0.05, 0.1) is 23.4 Å². The van der Waals surface area contributed by atoms with E-state index in [1.807, 2.05) is 12.1 Å². The Bertz CT molecular complexity index is 610. The Hall–Kier alpha value is -1.37. The van der Waals surface area contributed by atoms with E-state index in [-0.39, 0.29) is 6.03 Å². The second kappa shape index (κ2) is 5.32. The quantitative estimate of drug-likeness (QED) is 0.880. The first-order valence-corrected chi connectivity index (χ1v) is 7.11. The molecule has 1 aliphatic heterocycles. The standard InChI is InChI=1S/C12H12ClN3O2S/c13-8-1-2-9-10(7-8)19-11(14-9)15-12(17)16-3-5-18-6-4-16/h1-2,7H,3-6H2,(H,14,15,17). The van der Waals surface area contributed by atoms with Crippen molar-refractivity contribution >= 4 is 44.3 Å². The first kappa shape index (κ1) is 12.7. The third-order valence-electron chi connectivity index (χ3n) is 2.86. The number of morpholine rings is 1. The molecule has 1 N–H and O–H groups in total. The number of hydrogen-bond donors (Lipinski definition) is 1. The van der Waals surface area contributed by atoms with Gasteiger partial charge in [-0.25, -0.2) is 9.78 Å². The number of aromatic nitrogens is 1. The van der Waals surface area contributed by atoms with E-state index in [1.165, 1.54) is 11.3 Å². The first-order valence-electron chi connectivity index (χ1n) is 5.92. The number of ether oxygens (including phenoxy) is 1. The molecular formula is C12H12ClN3O2S. The lowest BCUT2D eigenvalue weighted by Crippen LogP contribution is -2.43. The number of halogens is 1. The molecule has 3 rings (SSSR count). The molecule has 2 heterocycles. The van der Waals surface area contributed by atoms with Gasteiger partial charge in [-0.2, -0.15) is 0 Å². The van der Waals surface area contributed by atoms with Gasteiger partial charge in [0, 0.05) is 18.1 Å². The lowest BCUT2D eigenvalue weighted by atomic mass is 10.3. The number of fused-ring (bicyclic) bond motifs is 1. The predicted octanol–water partition coefficient (Wildman–Crippen LogP) is 2.81. The Morgan fingerprint density at radius 2 is 2.21 bits per heavy atom. The van der Waals surface area contributed by atoms with Crippen LogP contribution in [0.3, 0.4) is 0 Å². The molecule has 0 unspecified atom stereocenters. The molecule has 0 atom stereocenters. The Morgan fingerprint density at radius 3 is 3.00 bits per heavy atom. The summed E-state index contributed by atoms with van der Waals surface area (Å²) >= 11 is 7.34. The molecule has 0 spiro atoms. The monoisotopic (exact) mass is 297 g/mol. The molecule has 7 heteroatoms. The number of nitrogens with zero attached hydrogens (tertiary/aromatic N) is 2. The second-order valence-corrected chi connectivity index (χ2v) is 5.63. The number of urea groups is 1. The van der Waals surface area contributed by atoms with Crippen LogP contribution in [0.1, 0.15) is 0 Å². The van der Waals surface area contributed by atoms with Gasteiger partial charge >= 0.3 is 6.03 Å². The summed E-state index contributed by atoms with van der Waals surface area (Å²) in [7, 11) is 0. The van der Waals surface area contributed by atoms with Crippen molar-refractivity contribution in [1.29, 1.82) is 0 Å². The maximum Gasteiger partial charge on any atom is 0.323 e. The highest BCUT2D eigenvalue weighted by molar-refractivity contribution is 7.22. The molecule has 0 aliphatic carbocycles. The lowest BCUT2D eigenvalue weighted by Gasteiger charge is -2.26. The molecule has 100 valence electrons. The Morgan fingerprint density at radius 1 is 1.42 bits per heavy atom.